The largest absolute Gasteiger partial charge is 0.416 e. The first kappa shape index (κ1) is 16.8. The average molecular weight is 352 g/mol. The summed E-state index contributed by atoms with van der Waals surface area (Å²) in [5, 5.41) is 3.99. The van der Waals surface area contributed by atoms with Gasteiger partial charge in [0.2, 0.25) is 0 Å². The fraction of sp³-hybridized carbons (Fsp3) is 0.0588. The number of carbonyl (C=O) groups excluding carboxylic acids is 1. The van der Waals surface area contributed by atoms with Crippen LogP contribution in [0.2, 0.25) is 0 Å². The summed E-state index contributed by atoms with van der Waals surface area (Å²) in [7, 11) is 0. The van der Waals surface area contributed by atoms with Crippen LogP contribution >= 0.6 is 0 Å². The highest BCUT2D eigenvalue weighted by atomic mass is 19.4. The van der Waals surface area contributed by atoms with Crippen LogP contribution in [0.3, 0.4) is 0 Å². The molecule has 8 heteroatoms. The molecule has 128 valence electrons. The maximum Gasteiger partial charge on any atom is 0.416 e. The molecule has 0 saturated heterocycles. The van der Waals surface area contributed by atoms with Gasteiger partial charge in [-0.25, -0.2) is 13.5 Å². The number of rotatable bonds is 3. The van der Waals surface area contributed by atoms with Crippen molar-refractivity contribution in [3.63, 3.8) is 0 Å². The van der Waals surface area contributed by atoms with E-state index in [2.05, 4.69) is 5.10 Å². The Labute approximate surface area is 138 Å². The molecule has 0 aliphatic carbocycles. The van der Waals surface area contributed by atoms with Crippen LogP contribution in [0.1, 0.15) is 15.9 Å². The first-order valence-corrected chi connectivity index (χ1v) is 6.97. The topological polar surface area (TPSA) is 34.9 Å². The monoisotopic (exact) mass is 352 g/mol. The van der Waals surface area contributed by atoms with Crippen molar-refractivity contribution in [1.82, 2.24) is 9.78 Å². The second-order valence-electron chi connectivity index (χ2n) is 5.17. The molecule has 0 radical (unpaired) electrons. The van der Waals surface area contributed by atoms with Crippen LogP contribution in [-0.2, 0) is 6.18 Å². The highest BCUT2D eigenvalue weighted by Gasteiger charge is 2.30. The standard InChI is InChI=1S/C17H9F5N2O/c18-13-4-5-15(14(19)7-13)24-8-11(9-25)16(23-24)10-2-1-3-12(6-10)17(20,21)22/h1-9H. The van der Waals surface area contributed by atoms with E-state index < -0.39 is 23.4 Å². The van der Waals surface area contributed by atoms with Gasteiger partial charge >= 0.3 is 6.18 Å². The Balaban J connectivity index is 2.12. The maximum absolute atomic E-state index is 13.9. The molecule has 0 bridgehead atoms. The van der Waals surface area contributed by atoms with E-state index in [9.17, 15) is 26.7 Å². The molecular formula is C17H9F5N2O. The van der Waals surface area contributed by atoms with Gasteiger partial charge in [-0.05, 0) is 24.3 Å². The predicted octanol–water partition coefficient (Wildman–Crippen LogP) is 4.65. The zero-order valence-corrected chi connectivity index (χ0v) is 12.4. The van der Waals surface area contributed by atoms with Crippen molar-refractivity contribution in [3.05, 3.63) is 71.4 Å². The van der Waals surface area contributed by atoms with Crippen LogP contribution in [0.15, 0.2) is 48.7 Å². The molecule has 0 atom stereocenters. The molecule has 3 aromatic rings. The number of alkyl halides is 3. The minimum atomic E-state index is -4.55. The van der Waals surface area contributed by atoms with Crippen LogP contribution in [0, 0.1) is 11.6 Å². The number of nitrogens with zero attached hydrogens (tertiary/aromatic N) is 2. The summed E-state index contributed by atoms with van der Waals surface area (Å²) in [4.78, 5) is 11.2. The van der Waals surface area contributed by atoms with Crippen molar-refractivity contribution < 1.29 is 26.7 Å². The van der Waals surface area contributed by atoms with E-state index in [1.54, 1.807) is 0 Å². The number of halogens is 5. The molecular weight excluding hydrogens is 343 g/mol. The fourth-order valence-corrected chi connectivity index (χ4v) is 2.33. The second kappa shape index (κ2) is 6.12. The molecule has 3 nitrogen and oxygen atoms in total. The van der Waals surface area contributed by atoms with Gasteiger partial charge in [-0.15, -0.1) is 0 Å². The molecule has 0 N–H and O–H groups in total. The maximum atomic E-state index is 13.9. The third kappa shape index (κ3) is 3.28. The summed E-state index contributed by atoms with van der Waals surface area (Å²) < 4.78 is 66.4. The lowest BCUT2D eigenvalue weighted by Gasteiger charge is -2.08. The Morgan fingerprint density at radius 1 is 1.04 bits per heavy atom. The molecule has 0 aliphatic rings. The van der Waals surface area contributed by atoms with Crippen LogP contribution in [0.25, 0.3) is 16.9 Å². The Kier molecular flexibility index (Phi) is 4.12. The van der Waals surface area contributed by atoms with E-state index in [0.717, 1.165) is 28.9 Å². The number of carbonyl (C=O) groups is 1. The number of hydrogen-bond donors (Lipinski definition) is 0. The van der Waals surface area contributed by atoms with Gasteiger partial charge in [-0.2, -0.15) is 18.3 Å². The van der Waals surface area contributed by atoms with Crippen LogP contribution in [0.5, 0.6) is 0 Å². The van der Waals surface area contributed by atoms with Crippen LogP contribution in [0.4, 0.5) is 22.0 Å². The highest BCUT2D eigenvalue weighted by molar-refractivity contribution is 5.85. The summed E-state index contributed by atoms with van der Waals surface area (Å²) in [5.41, 5.74) is -1.04. The highest BCUT2D eigenvalue weighted by Crippen LogP contribution is 2.32. The summed E-state index contributed by atoms with van der Waals surface area (Å²) in [6.07, 6.45) is -2.98. The van der Waals surface area contributed by atoms with Gasteiger partial charge in [0.25, 0.3) is 0 Å². The van der Waals surface area contributed by atoms with E-state index in [-0.39, 0.29) is 22.5 Å². The minimum Gasteiger partial charge on any atom is -0.298 e. The zero-order chi connectivity index (χ0) is 18.2. The van der Waals surface area contributed by atoms with E-state index in [1.807, 2.05) is 0 Å². The first-order valence-electron chi connectivity index (χ1n) is 6.97. The quantitative estimate of drug-likeness (QED) is 0.508. The molecule has 2 aromatic carbocycles. The summed E-state index contributed by atoms with van der Waals surface area (Å²) >= 11 is 0. The molecule has 0 amide bonds. The number of hydrogen-bond acceptors (Lipinski definition) is 2. The minimum absolute atomic E-state index is 0.0250. The van der Waals surface area contributed by atoms with Gasteiger partial charge in [-0.3, -0.25) is 4.79 Å². The third-order valence-electron chi connectivity index (χ3n) is 3.49. The molecule has 1 heterocycles. The van der Waals surface area contributed by atoms with Gasteiger partial charge < -0.3 is 0 Å². The van der Waals surface area contributed by atoms with E-state index in [4.69, 9.17) is 0 Å². The molecule has 0 unspecified atom stereocenters. The Bertz CT molecular complexity index is 946. The molecule has 3 rings (SSSR count). The lowest BCUT2D eigenvalue weighted by atomic mass is 10.1. The second-order valence-corrected chi connectivity index (χ2v) is 5.17. The zero-order valence-electron chi connectivity index (χ0n) is 12.4. The normalized spacial score (nSPS) is 11.6. The first-order chi connectivity index (χ1) is 11.8. The summed E-state index contributed by atoms with van der Waals surface area (Å²) in [6.45, 7) is 0. The molecule has 0 saturated carbocycles. The van der Waals surface area contributed by atoms with Crippen molar-refractivity contribution in [3.8, 4) is 16.9 Å². The fourth-order valence-electron chi connectivity index (χ4n) is 2.33. The lowest BCUT2D eigenvalue weighted by molar-refractivity contribution is -0.137. The van der Waals surface area contributed by atoms with Crippen molar-refractivity contribution in [2.24, 2.45) is 0 Å². The molecule has 0 spiro atoms. The molecule has 0 fully saturated rings. The van der Waals surface area contributed by atoms with E-state index in [0.29, 0.717) is 12.4 Å². The number of aromatic nitrogens is 2. The van der Waals surface area contributed by atoms with E-state index >= 15 is 0 Å². The Morgan fingerprint density at radius 3 is 2.44 bits per heavy atom. The average Bonchev–Trinajstić information content (AvgIpc) is 2.98. The predicted molar refractivity (Wildman–Crippen MR) is 79.3 cm³/mol. The van der Waals surface area contributed by atoms with Crippen molar-refractivity contribution in [2.45, 2.75) is 6.18 Å². The van der Waals surface area contributed by atoms with Crippen LogP contribution < -0.4 is 0 Å². The van der Waals surface area contributed by atoms with Gasteiger partial charge in [-0.1, -0.05) is 12.1 Å². The van der Waals surface area contributed by atoms with Gasteiger partial charge in [0.05, 0.1) is 11.1 Å². The summed E-state index contributed by atoms with van der Waals surface area (Å²) in [6, 6.07) is 7.04. The Hall–Kier alpha value is -3.03. The van der Waals surface area contributed by atoms with Gasteiger partial charge in [0, 0.05) is 17.8 Å². The molecule has 25 heavy (non-hydrogen) atoms. The third-order valence-corrected chi connectivity index (χ3v) is 3.49. The number of aldehydes is 1. The van der Waals surface area contributed by atoms with Crippen molar-refractivity contribution in [2.75, 3.05) is 0 Å². The van der Waals surface area contributed by atoms with E-state index in [1.165, 1.54) is 18.3 Å². The number of benzene rings is 2. The molecule has 1 aromatic heterocycles. The van der Waals surface area contributed by atoms with Gasteiger partial charge in [0.1, 0.15) is 17.2 Å². The van der Waals surface area contributed by atoms with Crippen molar-refractivity contribution >= 4 is 6.29 Å². The smallest absolute Gasteiger partial charge is 0.298 e. The molecule has 0 aliphatic heterocycles. The Morgan fingerprint density at radius 2 is 1.80 bits per heavy atom. The SMILES string of the molecule is O=Cc1cn(-c2ccc(F)cc2F)nc1-c1cccc(C(F)(F)F)c1. The van der Waals surface area contributed by atoms with Crippen molar-refractivity contribution in [1.29, 1.82) is 0 Å². The van der Waals surface area contributed by atoms with Gasteiger partial charge in [0.15, 0.2) is 12.1 Å². The van der Waals surface area contributed by atoms with Crippen LogP contribution in [-0.4, -0.2) is 16.1 Å². The summed E-state index contributed by atoms with van der Waals surface area (Å²) in [5.74, 6) is -1.71. The lowest BCUT2D eigenvalue weighted by Crippen LogP contribution is -2.04.